The molecule has 1 heterocycles. The van der Waals surface area contributed by atoms with Crippen molar-refractivity contribution in [1.82, 2.24) is 0 Å². The smallest absolute Gasteiger partial charge is 0.282 e. The number of aliphatic hydroxyl groups is 2. The summed E-state index contributed by atoms with van der Waals surface area (Å²) in [7, 11) is 0. The third-order valence-electron chi connectivity index (χ3n) is 1.11. The normalized spacial score (nSPS) is 13.4. The first-order valence-electron chi connectivity index (χ1n) is 2.81. The van der Waals surface area contributed by atoms with Crippen LogP contribution in [0.25, 0.3) is 0 Å². The molecular formula is C6H8O4. The quantitative estimate of drug-likeness (QED) is 0.546. The lowest BCUT2D eigenvalue weighted by atomic mass is 10.3. The first-order valence-corrected chi connectivity index (χ1v) is 2.81. The second-order valence-electron chi connectivity index (χ2n) is 1.87. The van der Waals surface area contributed by atoms with Gasteiger partial charge in [-0.15, -0.1) is 0 Å². The van der Waals surface area contributed by atoms with Crippen LogP contribution in [0.3, 0.4) is 0 Å². The van der Waals surface area contributed by atoms with Crippen LogP contribution in [0.4, 0.5) is 0 Å². The lowest BCUT2D eigenvalue weighted by molar-refractivity contribution is 0.0744. The minimum atomic E-state index is -1.04. The maximum Gasteiger partial charge on any atom is 0.282 e. The molecule has 0 aliphatic rings. The SMILES string of the molecule is OC[C@H](O)c1ccc(O)o1. The van der Waals surface area contributed by atoms with Crippen molar-refractivity contribution in [2.24, 2.45) is 0 Å². The second kappa shape index (κ2) is 2.72. The minimum absolute atomic E-state index is 0.167. The second-order valence-corrected chi connectivity index (χ2v) is 1.87. The molecule has 0 aliphatic heterocycles. The van der Waals surface area contributed by atoms with Crippen LogP contribution in [0.15, 0.2) is 16.5 Å². The van der Waals surface area contributed by atoms with Crippen molar-refractivity contribution in [2.45, 2.75) is 6.10 Å². The summed E-state index contributed by atoms with van der Waals surface area (Å²) in [5, 5.41) is 25.9. The molecule has 56 valence electrons. The third-order valence-corrected chi connectivity index (χ3v) is 1.11. The van der Waals surface area contributed by atoms with Crippen molar-refractivity contribution in [2.75, 3.05) is 6.61 Å². The van der Waals surface area contributed by atoms with Gasteiger partial charge >= 0.3 is 0 Å². The average molecular weight is 144 g/mol. The molecule has 4 nitrogen and oxygen atoms in total. The van der Waals surface area contributed by atoms with Crippen LogP contribution in [0.5, 0.6) is 5.95 Å². The van der Waals surface area contributed by atoms with E-state index in [0.717, 1.165) is 0 Å². The molecule has 1 rings (SSSR count). The van der Waals surface area contributed by atoms with Gasteiger partial charge in [0.25, 0.3) is 5.95 Å². The van der Waals surface area contributed by atoms with E-state index in [2.05, 4.69) is 4.42 Å². The van der Waals surface area contributed by atoms with Gasteiger partial charge in [-0.2, -0.15) is 0 Å². The number of rotatable bonds is 2. The van der Waals surface area contributed by atoms with Crippen LogP contribution < -0.4 is 0 Å². The zero-order valence-electron chi connectivity index (χ0n) is 5.19. The van der Waals surface area contributed by atoms with E-state index in [1.54, 1.807) is 0 Å². The number of aromatic hydroxyl groups is 1. The minimum Gasteiger partial charge on any atom is -0.481 e. The fourth-order valence-electron chi connectivity index (χ4n) is 0.611. The van der Waals surface area contributed by atoms with Gasteiger partial charge in [-0.25, -0.2) is 0 Å². The predicted molar refractivity (Wildman–Crippen MR) is 32.4 cm³/mol. The Morgan fingerprint density at radius 2 is 2.20 bits per heavy atom. The van der Waals surface area contributed by atoms with Crippen LogP contribution in [0.2, 0.25) is 0 Å². The lowest BCUT2D eigenvalue weighted by Crippen LogP contribution is -1.99. The Bertz CT molecular complexity index is 205. The summed E-state index contributed by atoms with van der Waals surface area (Å²) in [5.41, 5.74) is 0. The monoisotopic (exact) mass is 144 g/mol. The first kappa shape index (κ1) is 7.11. The zero-order valence-corrected chi connectivity index (χ0v) is 5.19. The molecular weight excluding hydrogens is 136 g/mol. The Balaban J connectivity index is 2.74. The largest absolute Gasteiger partial charge is 0.481 e. The molecule has 0 spiro atoms. The Morgan fingerprint density at radius 1 is 1.50 bits per heavy atom. The van der Waals surface area contributed by atoms with Crippen LogP contribution >= 0.6 is 0 Å². The van der Waals surface area contributed by atoms with Gasteiger partial charge in [-0.1, -0.05) is 0 Å². The van der Waals surface area contributed by atoms with Crippen LogP contribution in [-0.2, 0) is 0 Å². The summed E-state index contributed by atoms with van der Waals surface area (Å²) in [6.07, 6.45) is -1.04. The predicted octanol–water partition coefficient (Wildman–Crippen LogP) is 0.0109. The van der Waals surface area contributed by atoms with Gasteiger partial charge in [-0.3, -0.25) is 0 Å². The fraction of sp³-hybridized carbons (Fsp3) is 0.333. The van der Waals surface area contributed by atoms with Gasteiger partial charge in [0.1, 0.15) is 11.9 Å². The van der Waals surface area contributed by atoms with Crippen molar-refractivity contribution in [3.8, 4) is 5.95 Å². The molecule has 0 unspecified atom stereocenters. The van der Waals surface area contributed by atoms with Crippen LogP contribution in [0, 0.1) is 0 Å². The Hall–Kier alpha value is -1.00. The summed E-state index contributed by atoms with van der Waals surface area (Å²) >= 11 is 0. The molecule has 1 aromatic heterocycles. The molecule has 0 aliphatic carbocycles. The Labute approximate surface area is 57.3 Å². The molecule has 10 heavy (non-hydrogen) atoms. The van der Waals surface area contributed by atoms with Gasteiger partial charge in [-0.05, 0) is 6.07 Å². The van der Waals surface area contributed by atoms with Crippen molar-refractivity contribution in [1.29, 1.82) is 0 Å². The zero-order chi connectivity index (χ0) is 7.56. The van der Waals surface area contributed by atoms with Gasteiger partial charge in [0.2, 0.25) is 0 Å². The van der Waals surface area contributed by atoms with E-state index in [1.165, 1.54) is 12.1 Å². The topological polar surface area (TPSA) is 73.8 Å². The van der Waals surface area contributed by atoms with E-state index >= 15 is 0 Å². The third kappa shape index (κ3) is 1.29. The highest BCUT2D eigenvalue weighted by atomic mass is 16.5. The molecule has 4 heteroatoms. The highest BCUT2D eigenvalue weighted by Gasteiger charge is 2.09. The molecule has 0 amide bonds. The summed E-state index contributed by atoms with van der Waals surface area (Å²) < 4.78 is 4.58. The highest BCUT2D eigenvalue weighted by molar-refractivity contribution is 5.11. The highest BCUT2D eigenvalue weighted by Crippen LogP contribution is 2.19. The van der Waals surface area contributed by atoms with E-state index in [9.17, 15) is 0 Å². The summed E-state index contributed by atoms with van der Waals surface area (Å²) in [6, 6.07) is 2.70. The van der Waals surface area contributed by atoms with E-state index in [1.807, 2.05) is 0 Å². The van der Waals surface area contributed by atoms with E-state index in [0.29, 0.717) is 0 Å². The van der Waals surface area contributed by atoms with Crippen molar-refractivity contribution in [3.63, 3.8) is 0 Å². The number of furan rings is 1. The van der Waals surface area contributed by atoms with Crippen LogP contribution in [0.1, 0.15) is 11.9 Å². The van der Waals surface area contributed by atoms with Crippen molar-refractivity contribution >= 4 is 0 Å². The Kier molecular flexibility index (Phi) is 1.94. The average Bonchev–Trinajstić information content (AvgIpc) is 2.34. The van der Waals surface area contributed by atoms with E-state index in [4.69, 9.17) is 15.3 Å². The van der Waals surface area contributed by atoms with Gasteiger partial charge in [0.15, 0.2) is 0 Å². The fourth-order valence-corrected chi connectivity index (χ4v) is 0.611. The number of aliphatic hydroxyl groups excluding tert-OH is 2. The molecule has 0 saturated carbocycles. The molecule has 1 atom stereocenters. The number of hydrogen-bond donors (Lipinski definition) is 3. The standard InChI is InChI=1S/C6H8O4/c7-3-4(8)5-1-2-6(9)10-5/h1-2,4,7-9H,3H2/t4-/m0/s1. The maximum atomic E-state index is 8.89. The maximum absolute atomic E-state index is 8.89. The summed E-state index contributed by atoms with van der Waals surface area (Å²) in [4.78, 5) is 0. The molecule has 0 fully saturated rings. The van der Waals surface area contributed by atoms with E-state index < -0.39 is 12.7 Å². The molecule has 0 saturated heterocycles. The first-order chi connectivity index (χ1) is 4.74. The molecule has 3 N–H and O–H groups in total. The van der Waals surface area contributed by atoms with Crippen LogP contribution in [-0.4, -0.2) is 21.9 Å². The summed E-state index contributed by atoms with van der Waals surface area (Å²) in [5.74, 6) is -0.0949. The van der Waals surface area contributed by atoms with Gasteiger partial charge in [0.05, 0.1) is 6.61 Å². The Morgan fingerprint density at radius 3 is 2.60 bits per heavy atom. The van der Waals surface area contributed by atoms with Crippen molar-refractivity contribution < 1.29 is 19.7 Å². The van der Waals surface area contributed by atoms with Gasteiger partial charge < -0.3 is 19.7 Å². The van der Waals surface area contributed by atoms with E-state index in [-0.39, 0.29) is 11.7 Å². The number of hydrogen-bond acceptors (Lipinski definition) is 4. The van der Waals surface area contributed by atoms with Crippen molar-refractivity contribution in [3.05, 3.63) is 17.9 Å². The lowest BCUT2D eigenvalue weighted by Gasteiger charge is -1.99. The summed E-state index contributed by atoms with van der Waals surface area (Å²) in [6.45, 7) is -0.410. The molecule has 0 radical (unpaired) electrons. The van der Waals surface area contributed by atoms with Gasteiger partial charge in [0, 0.05) is 6.07 Å². The molecule has 1 aromatic rings. The molecule has 0 bridgehead atoms. The molecule has 0 aromatic carbocycles.